The number of carbonyl (C=O) groups excluding carboxylic acids is 1. The van der Waals surface area contributed by atoms with Crippen molar-refractivity contribution in [1.29, 1.82) is 0 Å². The highest BCUT2D eigenvalue weighted by Gasteiger charge is 2.38. The van der Waals surface area contributed by atoms with Crippen LogP contribution < -0.4 is 0 Å². The molecule has 0 radical (unpaired) electrons. The number of piperidine rings is 1. The Bertz CT molecular complexity index is 339. The average Bonchev–Trinajstić information content (AvgIpc) is 2.28. The third-order valence-corrected chi connectivity index (χ3v) is 4.74. The molecule has 3 heteroatoms. The minimum Gasteiger partial charge on any atom is -0.371 e. The molecule has 0 spiro atoms. The molecule has 16 heavy (non-hydrogen) atoms. The lowest BCUT2D eigenvalue weighted by atomic mass is 9.76. The van der Waals surface area contributed by atoms with Gasteiger partial charge in [0.1, 0.15) is 0 Å². The van der Waals surface area contributed by atoms with Gasteiger partial charge in [-0.25, -0.2) is 0 Å². The summed E-state index contributed by atoms with van der Waals surface area (Å²) in [5.74, 6) is 1.08. The van der Waals surface area contributed by atoms with Crippen LogP contribution in [-0.2, 0) is 4.79 Å². The highest BCUT2D eigenvalue weighted by molar-refractivity contribution is 6.20. The molecule has 2 fully saturated rings. The molecule has 0 N–H and O–H groups in total. The van der Waals surface area contributed by atoms with Gasteiger partial charge in [-0.1, -0.05) is 0 Å². The van der Waals surface area contributed by atoms with E-state index in [4.69, 9.17) is 11.6 Å². The summed E-state index contributed by atoms with van der Waals surface area (Å²) < 4.78 is 0. The number of allylic oxidation sites excluding steroid dienone is 2. The highest BCUT2D eigenvalue weighted by Crippen LogP contribution is 2.41. The van der Waals surface area contributed by atoms with Crippen molar-refractivity contribution in [3.05, 3.63) is 11.8 Å². The molecule has 88 valence electrons. The number of hydrogen-bond donors (Lipinski definition) is 0. The molecule has 3 rings (SSSR count). The van der Waals surface area contributed by atoms with E-state index in [1.165, 1.54) is 25.0 Å². The van der Waals surface area contributed by atoms with Gasteiger partial charge in [-0.05, 0) is 38.0 Å². The van der Waals surface area contributed by atoms with Gasteiger partial charge in [0.2, 0.25) is 0 Å². The Hall–Kier alpha value is -0.500. The van der Waals surface area contributed by atoms with Crippen molar-refractivity contribution in [1.82, 2.24) is 4.90 Å². The molecule has 0 aromatic carbocycles. The number of fused-ring (bicyclic) bond motifs is 3. The molecule has 1 saturated heterocycles. The van der Waals surface area contributed by atoms with Crippen LogP contribution in [0.5, 0.6) is 0 Å². The van der Waals surface area contributed by atoms with Gasteiger partial charge in [-0.15, -0.1) is 11.6 Å². The van der Waals surface area contributed by atoms with Crippen LogP contribution in [0.2, 0.25) is 0 Å². The fourth-order valence-corrected chi connectivity index (χ4v) is 3.91. The number of rotatable bonds is 0. The monoisotopic (exact) mass is 239 g/mol. The second kappa shape index (κ2) is 4.06. The molecular weight excluding hydrogens is 222 g/mol. The van der Waals surface area contributed by atoms with Crippen LogP contribution in [0.4, 0.5) is 0 Å². The summed E-state index contributed by atoms with van der Waals surface area (Å²) in [6, 6.07) is 0.670. The molecule has 2 nitrogen and oxygen atoms in total. The van der Waals surface area contributed by atoms with Gasteiger partial charge in [0.15, 0.2) is 5.78 Å². The van der Waals surface area contributed by atoms with E-state index >= 15 is 0 Å². The molecule has 2 aliphatic heterocycles. The highest BCUT2D eigenvalue weighted by atomic mass is 35.5. The zero-order chi connectivity index (χ0) is 11.1. The zero-order valence-electron chi connectivity index (χ0n) is 9.49. The van der Waals surface area contributed by atoms with Gasteiger partial charge >= 0.3 is 0 Å². The fourth-order valence-electron chi connectivity index (χ4n) is 3.55. The molecule has 3 atom stereocenters. The fraction of sp³-hybridized carbons (Fsp3) is 0.769. The van der Waals surface area contributed by atoms with Gasteiger partial charge in [0, 0.05) is 36.2 Å². The summed E-state index contributed by atoms with van der Waals surface area (Å²) in [5, 5.41) is 0.387. The van der Waals surface area contributed by atoms with Crippen LogP contribution in [0, 0.1) is 5.92 Å². The largest absolute Gasteiger partial charge is 0.371 e. The summed E-state index contributed by atoms with van der Waals surface area (Å²) in [4.78, 5) is 13.9. The maximum absolute atomic E-state index is 11.4. The number of hydrogen-bond acceptors (Lipinski definition) is 2. The first-order valence-electron chi connectivity index (χ1n) is 6.38. The predicted octanol–water partition coefficient (Wildman–Crippen LogP) is 2.72. The van der Waals surface area contributed by atoms with Crippen molar-refractivity contribution >= 4 is 17.4 Å². The predicted molar refractivity (Wildman–Crippen MR) is 64.4 cm³/mol. The van der Waals surface area contributed by atoms with Gasteiger partial charge in [-0.3, -0.25) is 4.79 Å². The standard InChI is InChI=1S/C13H18ClNO/c14-10-2-4-13-9(7-10)1-3-11-8-12(16)5-6-15(11)13/h8-10,13H,1-7H2. The van der Waals surface area contributed by atoms with Crippen molar-refractivity contribution in [2.24, 2.45) is 5.92 Å². The number of alkyl halides is 1. The van der Waals surface area contributed by atoms with Gasteiger partial charge in [-0.2, -0.15) is 0 Å². The van der Waals surface area contributed by atoms with Crippen LogP contribution in [0.15, 0.2) is 11.8 Å². The molecule has 3 aliphatic rings. The molecule has 0 amide bonds. The van der Waals surface area contributed by atoms with Gasteiger partial charge in [0.25, 0.3) is 0 Å². The van der Waals surface area contributed by atoms with E-state index in [0.29, 0.717) is 23.6 Å². The Labute approximate surface area is 102 Å². The molecular formula is C13H18ClNO. The van der Waals surface area contributed by atoms with E-state index in [2.05, 4.69) is 4.90 Å². The van der Waals surface area contributed by atoms with E-state index in [-0.39, 0.29) is 0 Å². The van der Waals surface area contributed by atoms with Crippen LogP contribution in [0.25, 0.3) is 0 Å². The Morgan fingerprint density at radius 3 is 3.00 bits per heavy atom. The van der Waals surface area contributed by atoms with Crippen molar-refractivity contribution < 1.29 is 4.79 Å². The summed E-state index contributed by atoms with van der Waals surface area (Å²) in [6.07, 6.45) is 8.41. The minimum absolute atomic E-state index is 0.315. The third-order valence-electron chi connectivity index (χ3n) is 4.35. The second-order valence-corrected chi connectivity index (χ2v) is 5.94. The minimum atomic E-state index is 0.315. The number of carbonyl (C=O) groups is 1. The molecule has 0 bridgehead atoms. The van der Waals surface area contributed by atoms with Crippen molar-refractivity contribution in [3.8, 4) is 0 Å². The molecule has 2 heterocycles. The van der Waals surface area contributed by atoms with E-state index in [1.807, 2.05) is 6.08 Å². The lowest BCUT2D eigenvalue weighted by Gasteiger charge is -2.48. The first kappa shape index (κ1) is 10.6. The summed E-state index contributed by atoms with van der Waals surface area (Å²) >= 11 is 6.25. The second-order valence-electron chi connectivity index (χ2n) is 5.32. The van der Waals surface area contributed by atoms with Crippen molar-refractivity contribution in [2.45, 2.75) is 49.9 Å². The number of nitrogens with zero attached hydrogens (tertiary/aromatic N) is 1. The normalized spacial score (nSPS) is 38.8. The topological polar surface area (TPSA) is 20.3 Å². The van der Waals surface area contributed by atoms with Crippen LogP contribution in [0.3, 0.4) is 0 Å². The number of halogens is 1. The zero-order valence-corrected chi connectivity index (χ0v) is 10.2. The lowest BCUT2D eigenvalue weighted by molar-refractivity contribution is -0.116. The molecule has 1 saturated carbocycles. The molecule has 0 aromatic rings. The van der Waals surface area contributed by atoms with Crippen molar-refractivity contribution in [3.63, 3.8) is 0 Å². The van der Waals surface area contributed by atoms with E-state index < -0.39 is 0 Å². The Balaban J connectivity index is 1.81. The van der Waals surface area contributed by atoms with Crippen molar-refractivity contribution in [2.75, 3.05) is 6.54 Å². The Morgan fingerprint density at radius 2 is 2.12 bits per heavy atom. The first-order chi connectivity index (χ1) is 7.74. The molecule has 3 unspecified atom stereocenters. The van der Waals surface area contributed by atoms with Gasteiger partial charge in [0.05, 0.1) is 0 Å². The Morgan fingerprint density at radius 1 is 1.25 bits per heavy atom. The van der Waals surface area contributed by atoms with Crippen LogP contribution in [0.1, 0.15) is 38.5 Å². The summed E-state index contributed by atoms with van der Waals surface area (Å²) in [6.45, 7) is 0.943. The average molecular weight is 240 g/mol. The van der Waals surface area contributed by atoms with Gasteiger partial charge < -0.3 is 4.90 Å². The SMILES string of the molecule is O=C1C=C2CCC3CC(Cl)CCC3N2CC1. The van der Waals surface area contributed by atoms with E-state index in [9.17, 15) is 4.79 Å². The molecule has 0 aromatic heterocycles. The Kier molecular flexibility index (Phi) is 2.70. The smallest absolute Gasteiger partial charge is 0.159 e. The molecule has 1 aliphatic carbocycles. The van der Waals surface area contributed by atoms with E-state index in [0.717, 1.165) is 25.3 Å². The maximum atomic E-state index is 11.4. The van der Waals surface area contributed by atoms with E-state index in [1.54, 1.807) is 0 Å². The summed E-state index contributed by atoms with van der Waals surface area (Å²) in [7, 11) is 0. The maximum Gasteiger partial charge on any atom is 0.159 e. The quantitative estimate of drug-likeness (QED) is 0.606. The van der Waals surface area contributed by atoms with Crippen LogP contribution >= 0.6 is 11.6 Å². The van der Waals surface area contributed by atoms with Crippen LogP contribution in [-0.4, -0.2) is 28.6 Å². The summed E-state index contributed by atoms with van der Waals surface area (Å²) in [5.41, 5.74) is 1.30. The number of ketones is 1. The lowest BCUT2D eigenvalue weighted by Crippen LogP contribution is -2.49. The first-order valence-corrected chi connectivity index (χ1v) is 6.82. The third kappa shape index (κ3) is 1.77.